The number of esters is 2. The lowest BCUT2D eigenvalue weighted by molar-refractivity contribution is 0.0386. The zero-order valence-electron chi connectivity index (χ0n) is 8.15. The first kappa shape index (κ1) is 9.53. The predicted octanol–water partition coefficient (Wildman–Crippen LogP) is 1.65. The van der Waals surface area contributed by atoms with Crippen LogP contribution in [0.1, 0.15) is 20.8 Å². The molecule has 1 aromatic heterocycles. The summed E-state index contributed by atoms with van der Waals surface area (Å²) in [6.07, 6.45) is 0. The van der Waals surface area contributed by atoms with Crippen LogP contribution in [0.3, 0.4) is 0 Å². The molecule has 0 amide bonds. The molecule has 0 saturated heterocycles. The molecule has 0 N–H and O–H groups in total. The molecule has 80 valence electrons. The Labute approximate surface area is 98.1 Å². The van der Waals surface area contributed by atoms with Crippen LogP contribution in [0.15, 0.2) is 16.6 Å². The average molecular weight is 281 g/mol. The summed E-state index contributed by atoms with van der Waals surface area (Å²) in [5.41, 5.74) is 1.28. The molecular weight excluding hydrogens is 276 g/mol. The number of ether oxygens (including phenoxy) is 1. The Hall–Kier alpha value is -1.69. The van der Waals surface area contributed by atoms with Crippen molar-refractivity contribution in [2.75, 3.05) is 0 Å². The fourth-order valence-corrected chi connectivity index (χ4v) is 2.46. The van der Waals surface area contributed by atoms with E-state index in [1.165, 1.54) is 0 Å². The normalized spacial score (nSPS) is 14.4. The van der Waals surface area contributed by atoms with E-state index in [0.717, 1.165) is 9.99 Å². The van der Waals surface area contributed by atoms with E-state index in [4.69, 9.17) is 0 Å². The molecule has 1 aromatic carbocycles. The third-order valence-corrected chi connectivity index (χ3v) is 3.18. The SMILES string of the molecule is Cn1nc2c3c(ccc(Br)c31)C(=O)OC2=O. The van der Waals surface area contributed by atoms with E-state index in [9.17, 15) is 9.59 Å². The first-order valence-electron chi connectivity index (χ1n) is 4.51. The molecule has 0 bridgehead atoms. The number of benzene rings is 1. The summed E-state index contributed by atoms with van der Waals surface area (Å²) < 4.78 is 6.93. The average Bonchev–Trinajstić information content (AvgIpc) is 2.56. The van der Waals surface area contributed by atoms with Crippen molar-refractivity contribution in [1.29, 1.82) is 0 Å². The van der Waals surface area contributed by atoms with Gasteiger partial charge in [-0.1, -0.05) is 0 Å². The summed E-state index contributed by atoms with van der Waals surface area (Å²) in [6, 6.07) is 3.35. The molecule has 0 spiro atoms. The van der Waals surface area contributed by atoms with E-state index in [0.29, 0.717) is 10.9 Å². The lowest BCUT2D eigenvalue weighted by Gasteiger charge is -2.09. The molecule has 1 aliphatic heterocycles. The van der Waals surface area contributed by atoms with Crippen molar-refractivity contribution in [1.82, 2.24) is 9.78 Å². The van der Waals surface area contributed by atoms with Gasteiger partial charge < -0.3 is 4.74 Å². The maximum absolute atomic E-state index is 11.5. The van der Waals surface area contributed by atoms with Crippen molar-refractivity contribution < 1.29 is 14.3 Å². The van der Waals surface area contributed by atoms with Crippen LogP contribution in [-0.2, 0) is 11.8 Å². The van der Waals surface area contributed by atoms with Gasteiger partial charge in [-0.05, 0) is 28.1 Å². The van der Waals surface area contributed by atoms with Crippen molar-refractivity contribution >= 4 is 38.8 Å². The lowest BCUT2D eigenvalue weighted by Crippen LogP contribution is -2.19. The van der Waals surface area contributed by atoms with E-state index in [-0.39, 0.29) is 5.69 Å². The van der Waals surface area contributed by atoms with E-state index in [1.54, 1.807) is 23.9 Å². The highest BCUT2D eigenvalue weighted by molar-refractivity contribution is 9.10. The van der Waals surface area contributed by atoms with Crippen molar-refractivity contribution in [2.24, 2.45) is 7.05 Å². The number of hydrogen-bond donors (Lipinski definition) is 0. The molecule has 0 aliphatic carbocycles. The summed E-state index contributed by atoms with van der Waals surface area (Å²) in [7, 11) is 1.71. The second-order valence-corrected chi connectivity index (χ2v) is 4.32. The molecule has 6 heteroatoms. The fourth-order valence-electron chi connectivity index (χ4n) is 1.87. The maximum atomic E-state index is 11.5. The Bertz CT molecular complexity index is 660. The fraction of sp³-hybridized carbons (Fsp3) is 0.100. The molecular formula is C10H5BrN2O3. The minimum absolute atomic E-state index is 0.188. The van der Waals surface area contributed by atoms with Gasteiger partial charge in [0.2, 0.25) is 0 Å². The molecule has 2 heterocycles. The van der Waals surface area contributed by atoms with Crippen LogP contribution in [0.4, 0.5) is 0 Å². The van der Waals surface area contributed by atoms with Crippen LogP contribution in [0, 0.1) is 0 Å². The number of aromatic nitrogens is 2. The van der Waals surface area contributed by atoms with Gasteiger partial charge in [0.05, 0.1) is 16.5 Å². The minimum Gasteiger partial charge on any atom is -0.384 e. The molecule has 0 saturated carbocycles. The van der Waals surface area contributed by atoms with Crippen molar-refractivity contribution in [3.05, 3.63) is 27.9 Å². The number of halogens is 1. The van der Waals surface area contributed by atoms with Crippen molar-refractivity contribution in [3.63, 3.8) is 0 Å². The Morgan fingerprint density at radius 1 is 1.31 bits per heavy atom. The highest BCUT2D eigenvalue weighted by Crippen LogP contribution is 2.32. The van der Waals surface area contributed by atoms with Gasteiger partial charge >= 0.3 is 11.9 Å². The summed E-state index contributed by atoms with van der Waals surface area (Å²) in [4.78, 5) is 23.0. The Kier molecular flexibility index (Phi) is 1.74. The molecule has 0 radical (unpaired) electrons. The number of carbonyl (C=O) groups is 2. The largest absolute Gasteiger partial charge is 0.384 e. The summed E-state index contributed by atoms with van der Waals surface area (Å²) >= 11 is 3.36. The number of hydrogen-bond acceptors (Lipinski definition) is 4. The maximum Gasteiger partial charge on any atom is 0.367 e. The van der Waals surface area contributed by atoms with Gasteiger partial charge in [-0.2, -0.15) is 5.10 Å². The highest BCUT2D eigenvalue weighted by atomic mass is 79.9. The number of nitrogens with zero attached hydrogens (tertiary/aromatic N) is 2. The molecule has 0 unspecified atom stereocenters. The Morgan fingerprint density at radius 3 is 2.81 bits per heavy atom. The highest BCUT2D eigenvalue weighted by Gasteiger charge is 2.31. The van der Waals surface area contributed by atoms with Gasteiger partial charge in [0, 0.05) is 11.5 Å². The Morgan fingerprint density at radius 2 is 2.06 bits per heavy atom. The third-order valence-electron chi connectivity index (χ3n) is 2.54. The van der Waals surface area contributed by atoms with E-state index in [2.05, 4.69) is 25.8 Å². The third kappa shape index (κ3) is 1.02. The van der Waals surface area contributed by atoms with Crippen molar-refractivity contribution in [2.45, 2.75) is 0 Å². The topological polar surface area (TPSA) is 61.2 Å². The first-order valence-corrected chi connectivity index (χ1v) is 5.30. The number of carbonyl (C=O) groups excluding carboxylic acids is 2. The molecule has 16 heavy (non-hydrogen) atoms. The van der Waals surface area contributed by atoms with Crippen LogP contribution in [0.25, 0.3) is 10.9 Å². The summed E-state index contributed by atoms with van der Waals surface area (Å²) in [5.74, 6) is -1.32. The van der Waals surface area contributed by atoms with E-state index >= 15 is 0 Å². The summed E-state index contributed by atoms with van der Waals surface area (Å²) in [5, 5.41) is 4.61. The number of aryl methyl sites for hydroxylation is 1. The molecule has 1 aliphatic rings. The van der Waals surface area contributed by atoms with Gasteiger partial charge in [-0.3, -0.25) is 4.68 Å². The standard InChI is InChI=1S/C10H5BrN2O3/c1-13-8-5(11)3-2-4-6(8)7(12-13)10(15)16-9(4)14/h2-3H,1H3. The van der Waals surface area contributed by atoms with Gasteiger partial charge in [-0.15, -0.1) is 0 Å². The zero-order chi connectivity index (χ0) is 11.4. The van der Waals surface area contributed by atoms with E-state index in [1.807, 2.05) is 0 Å². The lowest BCUT2D eigenvalue weighted by atomic mass is 10.1. The zero-order valence-corrected chi connectivity index (χ0v) is 9.74. The Balaban J connectivity index is 2.59. The second-order valence-electron chi connectivity index (χ2n) is 3.47. The summed E-state index contributed by atoms with van der Waals surface area (Å²) in [6.45, 7) is 0. The first-order chi connectivity index (χ1) is 7.59. The molecule has 0 atom stereocenters. The van der Waals surface area contributed by atoms with Gasteiger partial charge in [0.1, 0.15) is 0 Å². The monoisotopic (exact) mass is 280 g/mol. The number of cyclic esters (lactones) is 2. The minimum atomic E-state index is -0.693. The van der Waals surface area contributed by atoms with Gasteiger partial charge in [-0.25, -0.2) is 9.59 Å². The van der Waals surface area contributed by atoms with Gasteiger partial charge in [0.25, 0.3) is 0 Å². The quantitative estimate of drug-likeness (QED) is 0.544. The van der Waals surface area contributed by atoms with Crippen LogP contribution in [0.5, 0.6) is 0 Å². The smallest absolute Gasteiger partial charge is 0.367 e. The molecule has 5 nitrogen and oxygen atoms in total. The van der Waals surface area contributed by atoms with E-state index < -0.39 is 11.9 Å². The molecule has 0 fully saturated rings. The van der Waals surface area contributed by atoms with Crippen LogP contribution in [-0.4, -0.2) is 21.7 Å². The van der Waals surface area contributed by atoms with Crippen LogP contribution < -0.4 is 0 Å². The second kappa shape index (κ2) is 2.91. The van der Waals surface area contributed by atoms with Crippen LogP contribution in [0.2, 0.25) is 0 Å². The molecule has 3 rings (SSSR count). The van der Waals surface area contributed by atoms with Crippen LogP contribution >= 0.6 is 15.9 Å². The van der Waals surface area contributed by atoms with Gasteiger partial charge in [0.15, 0.2) is 5.69 Å². The number of rotatable bonds is 0. The van der Waals surface area contributed by atoms with Crippen molar-refractivity contribution in [3.8, 4) is 0 Å². The molecule has 2 aromatic rings. The predicted molar refractivity (Wildman–Crippen MR) is 58.2 cm³/mol.